The monoisotopic (exact) mass is 565 g/mol. The first-order valence-electron chi connectivity index (χ1n) is 12.8. The Morgan fingerprint density at radius 2 is 1.90 bits per heavy atom. The number of likely N-dealkylation sites (N-methyl/N-ethyl adjacent to an activating group) is 1. The van der Waals surface area contributed by atoms with Crippen LogP contribution >= 0.6 is 11.3 Å². The number of nitro benzene ring substituents is 1. The van der Waals surface area contributed by atoms with Gasteiger partial charge in [0.05, 0.1) is 33.4 Å². The van der Waals surface area contributed by atoms with Crippen LogP contribution in [0.4, 0.5) is 15.8 Å². The van der Waals surface area contributed by atoms with E-state index in [4.69, 9.17) is 4.74 Å². The number of rotatable bonds is 6. The van der Waals surface area contributed by atoms with Gasteiger partial charge in [-0.05, 0) is 50.7 Å². The lowest BCUT2D eigenvalue weighted by atomic mass is 9.96. The quantitative estimate of drug-likeness (QED) is 0.257. The molecule has 1 atom stereocenters. The van der Waals surface area contributed by atoms with Crippen LogP contribution < -0.4 is 19.8 Å². The summed E-state index contributed by atoms with van der Waals surface area (Å²) in [6, 6.07) is 9.39. The van der Waals surface area contributed by atoms with Crippen molar-refractivity contribution in [2.24, 2.45) is 4.99 Å². The zero-order valence-electron chi connectivity index (χ0n) is 22.3. The molecule has 3 heterocycles. The van der Waals surface area contributed by atoms with Crippen molar-refractivity contribution in [1.29, 1.82) is 0 Å². The minimum absolute atomic E-state index is 0.0819. The Labute approximate surface area is 233 Å². The van der Waals surface area contributed by atoms with Gasteiger partial charge < -0.3 is 14.5 Å². The molecule has 0 amide bonds. The summed E-state index contributed by atoms with van der Waals surface area (Å²) in [5.41, 5.74) is 1.96. The summed E-state index contributed by atoms with van der Waals surface area (Å²) >= 11 is 1.13. The van der Waals surface area contributed by atoms with Crippen LogP contribution in [0.3, 0.4) is 0 Å². The van der Waals surface area contributed by atoms with Crippen LogP contribution in [0.1, 0.15) is 31.0 Å². The van der Waals surface area contributed by atoms with Crippen molar-refractivity contribution < 1.29 is 18.8 Å². The van der Waals surface area contributed by atoms with Gasteiger partial charge in [-0.1, -0.05) is 23.5 Å². The summed E-state index contributed by atoms with van der Waals surface area (Å²) in [6.45, 7) is 6.65. The summed E-state index contributed by atoms with van der Waals surface area (Å²) in [7, 11) is 2.04. The Hall–Kier alpha value is -4.16. The third kappa shape index (κ3) is 5.19. The van der Waals surface area contributed by atoms with Crippen LogP contribution in [-0.4, -0.2) is 60.2 Å². The highest BCUT2D eigenvalue weighted by Gasteiger charge is 2.33. The van der Waals surface area contributed by atoms with Crippen molar-refractivity contribution in [3.8, 4) is 0 Å². The molecule has 10 nitrogen and oxygen atoms in total. The average Bonchev–Trinajstić information content (AvgIpc) is 3.23. The van der Waals surface area contributed by atoms with Crippen LogP contribution in [0, 0.1) is 15.9 Å². The number of carbonyl (C=O) groups excluding carboxylic acids is 1. The van der Waals surface area contributed by atoms with Gasteiger partial charge in [0.25, 0.3) is 11.2 Å². The highest BCUT2D eigenvalue weighted by atomic mass is 32.1. The number of ether oxygens (including phenoxy) is 1. The number of non-ortho nitro benzene ring substituents is 1. The Kier molecular flexibility index (Phi) is 7.63. The van der Waals surface area contributed by atoms with Crippen LogP contribution in [0.5, 0.6) is 0 Å². The molecule has 0 N–H and O–H groups in total. The van der Waals surface area contributed by atoms with E-state index in [1.54, 1.807) is 26.0 Å². The molecular formula is C28H28FN5O5S. The summed E-state index contributed by atoms with van der Waals surface area (Å²) in [5.74, 6) is -1.06. The van der Waals surface area contributed by atoms with Crippen LogP contribution in [0.2, 0.25) is 0 Å². The fourth-order valence-electron chi connectivity index (χ4n) is 5.00. The van der Waals surface area contributed by atoms with E-state index in [2.05, 4.69) is 14.8 Å². The number of hydrogen-bond donors (Lipinski definition) is 0. The molecule has 1 fully saturated rings. The third-order valence-electron chi connectivity index (χ3n) is 7.06. The first-order valence-corrected chi connectivity index (χ1v) is 13.7. The number of thiazole rings is 1. The molecule has 0 spiro atoms. The molecule has 0 aliphatic carbocycles. The Morgan fingerprint density at radius 1 is 1.20 bits per heavy atom. The van der Waals surface area contributed by atoms with Crippen molar-refractivity contribution in [3.63, 3.8) is 0 Å². The largest absolute Gasteiger partial charge is 0.463 e. The maximum absolute atomic E-state index is 13.9. The summed E-state index contributed by atoms with van der Waals surface area (Å²) < 4.78 is 20.8. The molecule has 1 saturated heterocycles. The SMILES string of the molecule is CCOC(=O)C1=C(C)N=c2sc(=Cc3cc([N+](=O)[O-])ccc3N3CCN(C)CC3)c(=O)n2C1c1ccc(F)cc1. The number of carbonyl (C=O) groups is 1. The lowest BCUT2D eigenvalue weighted by Crippen LogP contribution is -2.44. The van der Waals surface area contributed by atoms with Gasteiger partial charge >= 0.3 is 5.97 Å². The summed E-state index contributed by atoms with van der Waals surface area (Å²) in [4.78, 5) is 47.4. The van der Waals surface area contributed by atoms with E-state index in [0.717, 1.165) is 43.2 Å². The fourth-order valence-corrected chi connectivity index (χ4v) is 6.04. The molecule has 1 aromatic heterocycles. The predicted octanol–water partition coefficient (Wildman–Crippen LogP) is 2.60. The van der Waals surface area contributed by atoms with Gasteiger partial charge in [0.15, 0.2) is 4.80 Å². The molecule has 5 rings (SSSR count). The average molecular weight is 566 g/mol. The van der Waals surface area contributed by atoms with Crippen molar-refractivity contribution in [2.75, 3.05) is 44.7 Å². The summed E-state index contributed by atoms with van der Waals surface area (Å²) in [5, 5.41) is 11.6. The minimum atomic E-state index is -0.875. The molecule has 208 valence electrons. The van der Waals surface area contributed by atoms with E-state index in [-0.39, 0.29) is 17.9 Å². The Morgan fingerprint density at radius 3 is 2.55 bits per heavy atom. The number of halogens is 1. The molecule has 2 aliphatic rings. The van der Waals surface area contributed by atoms with Gasteiger partial charge in [0.1, 0.15) is 5.82 Å². The molecule has 3 aromatic rings. The number of allylic oxidation sites excluding steroid dienone is 1. The molecule has 2 aliphatic heterocycles. The maximum Gasteiger partial charge on any atom is 0.338 e. The molecule has 1 unspecified atom stereocenters. The van der Waals surface area contributed by atoms with Gasteiger partial charge in [-0.3, -0.25) is 19.5 Å². The number of anilines is 1. The van der Waals surface area contributed by atoms with Crippen molar-refractivity contribution in [1.82, 2.24) is 9.47 Å². The number of piperazine rings is 1. The molecule has 40 heavy (non-hydrogen) atoms. The molecule has 0 saturated carbocycles. The van der Waals surface area contributed by atoms with E-state index in [9.17, 15) is 24.1 Å². The zero-order valence-corrected chi connectivity index (χ0v) is 23.1. The van der Waals surface area contributed by atoms with Gasteiger partial charge in [0, 0.05) is 49.6 Å². The van der Waals surface area contributed by atoms with E-state index >= 15 is 0 Å². The zero-order chi connectivity index (χ0) is 28.6. The minimum Gasteiger partial charge on any atom is -0.463 e. The lowest BCUT2D eigenvalue weighted by Gasteiger charge is -2.34. The van der Waals surface area contributed by atoms with Crippen molar-refractivity contribution in [2.45, 2.75) is 19.9 Å². The summed E-state index contributed by atoms with van der Waals surface area (Å²) in [6.07, 6.45) is 1.65. The van der Waals surface area contributed by atoms with Gasteiger partial charge in [-0.2, -0.15) is 0 Å². The van der Waals surface area contributed by atoms with E-state index in [1.165, 1.54) is 41.0 Å². The van der Waals surface area contributed by atoms with Crippen molar-refractivity contribution >= 4 is 34.8 Å². The molecule has 0 radical (unpaired) electrons. The van der Waals surface area contributed by atoms with Crippen LogP contribution in [-0.2, 0) is 9.53 Å². The number of hydrogen-bond acceptors (Lipinski definition) is 9. The van der Waals surface area contributed by atoms with Crippen LogP contribution in [0.25, 0.3) is 6.08 Å². The van der Waals surface area contributed by atoms with Crippen LogP contribution in [0.15, 0.2) is 63.5 Å². The second kappa shape index (κ2) is 11.1. The fraction of sp³-hybridized carbons (Fsp3) is 0.321. The first-order chi connectivity index (χ1) is 19.2. The number of benzene rings is 2. The standard InChI is InChI=1S/C28H28FN5O5S/c1-4-39-27(36)24-17(2)30-28-33(25(24)18-5-7-20(29)8-6-18)26(35)23(40-28)16-19-15-21(34(37)38)9-10-22(19)32-13-11-31(3)12-14-32/h5-10,15-16,25H,4,11-14H2,1-3H3. The molecular weight excluding hydrogens is 537 g/mol. The highest BCUT2D eigenvalue weighted by Crippen LogP contribution is 2.31. The van der Waals surface area contributed by atoms with Gasteiger partial charge in [-0.15, -0.1) is 0 Å². The Bertz CT molecular complexity index is 1690. The van der Waals surface area contributed by atoms with Gasteiger partial charge in [-0.25, -0.2) is 14.2 Å². The third-order valence-corrected chi connectivity index (χ3v) is 8.04. The first kappa shape index (κ1) is 27.4. The number of fused-ring (bicyclic) bond motifs is 1. The second-order valence-corrected chi connectivity index (χ2v) is 10.7. The van der Waals surface area contributed by atoms with Gasteiger partial charge in [0.2, 0.25) is 0 Å². The molecule has 2 aromatic carbocycles. The number of aromatic nitrogens is 1. The topological polar surface area (TPSA) is 110 Å². The second-order valence-electron chi connectivity index (χ2n) is 9.64. The smallest absolute Gasteiger partial charge is 0.338 e. The molecule has 0 bridgehead atoms. The number of nitro groups is 1. The van der Waals surface area contributed by atoms with E-state index in [1.807, 2.05) is 7.05 Å². The van der Waals surface area contributed by atoms with E-state index in [0.29, 0.717) is 26.2 Å². The number of esters is 1. The lowest BCUT2D eigenvalue weighted by molar-refractivity contribution is -0.384. The maximum atomic E-state index is 13.9. The predicted molar refractivity (Wildman–Crippen MR) is 150 cm³/mol. The Balaban J connectivity index is 1.70. The normalized spacial score (nSPS) is 17.9. The highest BCUT2D eigenvalue weighted by molar-refractivity contribution is 7.07. The van der Waals surface area contributed by atoms with Crippen molar-refractivity contribution in [3.05, 3.63) is 100 Å². The van der Waals surface area contributed by atoms with E-state index < -0.39 is 28.3 Å². The molecule has 12 heteroatoms. The number of nitrogens with zero attached hydrogens (tertiary/aromatic N) is 5.